The molecule has 0 fully saturated rings. The third kappa shape index (κ3) is 9.37. The minimum atomic E-state index is 0.598. The molecule has 2 N–H and O–H groups in total. The van der Waals surface area contributed by atoms with Crippen molar-refractivity contribution >= 4 is 5.96 Å². The van der Waals surface area contributed by atoms with E-state index in [1.807, 2.05) is 18.2 Å². The molecule has 0 saturated heterocycles. The van der Waals surface area contributed by atoms with E-state index < -0.39 is 0 Å². The number of aliphatic imine (C=N–C) groups is 1. The van der Waals surface area contributed by atoms with Gasteiger partial charge in [0, 0.05) is 40.4 Å². The Balaban J connectivity index is 2.12. The van der Waals surface area contributed by atoms with Crippen molar-refractivity contribution in [3.8, 4) is 5.75 Å². The highest BCUT2D eigenvalue weighted by atomic mass is 16.5. The van der Waals surface area contributed by atoms with Crippen LogP contribution in [0, 0.1) is 6.92 Å². The fourth-order valence-electron chi connectivity index (χ4n) is 2.22. The molecule has 6 nitrogen and oxygen atoms in total. The average molecular weight is 336 g/mol. The number of methoxy groups -OCH3 is 1. The van der Waals surface area contributed by atoms with Crippen LogP contribution in [0.5, 0.6) is 5.75 Å². The molecule has 0 bridgehead atoms. The normalized spacial score (nSPS) is 11.6. The van der Waals surface area contributed by atoms with E-state index in [0.29, 0.717) is 13.2 Å². The third-order valence-electron chi connectivity index (χ3n) is 3.55. The van der Waals surface area contributed by atoms with Gasteiger partial charge in [0.2, 0.25) is 0 Å². The summed E-state index contributed by atoms with van der Waals surface area (Å²) < 4.78 is 10.8. The molecular weight excluding hydrogens is 304 g/mol. The summed E-state index contributed by atoms with van der Waals surface area (Å²) in [5.41, 5.74) is 1.20. The summed E-state index contributed by atoms with van der Waals surface area (Å²) in [6, 6.07) is 8.07. The van der Waals surface area contributed by atoms with Gasteiger partial charge in [0.05, 0.1) is 6.54 Å². The Labute approximate surface area is 146 Å². The summed E-state index contributed by atoms with van der Waals surface area (Å²) in [6.45, 7) is 7.02. The quantitative estimate of drug-likeness (QED) is 0.364. The first kappa shape index (κ1) is 20.3. The molecule has 6 heteroatoms. The predicted octanol–water partition coefficient (Wildman–Crippen LogP) is 1.51. The summed E-state index contributed by atoms with van der Waals surface area (Å²) in [4.78, 5) is 6.50. The zero-order chi connectivity index (χ0) is 17.6. The Bertz CT molecular complexity index is 480. The van der Waals surface area contributed by atoms with Crippen LogP contribution in [-0.2, 0) is 4.74 Å². The molecule has 0 aliphatic carbocycles. The Morgan fingerprint density at radius 1 is 1.17 bits per heavy atom. The second-order valence-corrected chi connectivity index (χ2v) is 5.74. The molecule has 0 radical (unpaired) electrons. The van der Waals surface area contributed by atoms with Crippen LogP contribution in [0.3, 0.4) is 0 Å². The van der Waals surface area contributed by atoms with Gasteiger partial charge in [0.1, 0.15) is 12.4 Å². The molecule has 1 rings (SSSR count). The van der Waals surface area contributed by atoms with Crippen molar-refractivity contribution < 1.29 is 9.47 Å². The average Bonchev–Trinajstić information content (AvgIpc) is 2.57. The van der Waals surface area contributed by atoms with E-state index in [1.165, 1.54) is 5.56 Å². The highest BCUT2D eigenvalue weighted by Crippen LogP contribution is 2.11. The molecule has 0 aliphatic rings. The standard InChI is InChI=1S/C18H32N4O2/c1-16-7-5-8-17(15-16)24-14-10-21-18(19-2)20-9-12-22(3)11-6-13-23-4/h5,7-8,15H,6,9-14H2,1-4H3,(H2,19,20,21). The molecule has 0 saturated carbocycles. The number of hydrogen-bond acceptors (Lipinski definition) is 4. The summed E-state index contributed by atoms with van der Waals surface area (Å²) in [5, 5.41) is 6.56. The van der Waals surface area contributed by atoms with Crippen LogP contribution < -0.4 is 15.4 Å². The number of guanidine groups is 1. The lowest BCUT2D eigenvalue weighted by atomic mass is 10.2. The molecular formula is C18H32N4O2. The fraction of sp³-hybridized carbons (Fsp3) is 0.611. The number of benzene rings is 1. The first-order chi connectivity index (χ1) is 11.7. The number of aryl methyl sites for hydroxylation is 1. The van der Waals surface area contributed by atoms with Crippen LogP contribution in [0.4, 0.5) is 0 Å². The summed E-state index contributed by atoms with van der Waals surface area (Å²) >= 11 is 0. The van der Waals surface area contributed by atoms with Gasteiger partial charge in [-0.05, 0) is 38.1 Å². The van der Waals surface area contributed by atoms with Crippen molar-refractivity contribution in [2.45, 2.75) is 13.3 Å². The maximum atomic E-state index is 5.71. The van der Waals surface area contributed by atoms with E-state index in [-0.39, 0.29) is 0 Å². The molecule has 0 unspecified atom stereocenters. The van der Waals surface area contributed by atoms with Crippen molar-refractivity contribution in [1.82, 2.24) is 15.5 Å². The van der Waals surface area contributed by atoms with Crippen LogP contribution >= 0.6 is 0 Å². The highest BCUT2D eigenvalue weighted by molar-refractivity contribution is 5.79. The van der Waals surface area contributed by atoms with Gasteiger partial charge in [0.15, 0.2) is 5.96 Å². The maximum absolute atomic E-state index is 5.71. The SMILES string of the molecule is CN=C(NCCOc1cccc(C)c1)NCCN(C)CCCOC. The van der Waals surface area contributed by atoms with Crippen molar-refractivity contribution in [1.29, 1.82) is 0 Å². The molecule has 1 aromatic carbocycles. The summed E-state index contributed by atoms with van der Waals surface area (Å²) in [7, 11) is 5.63. The van der Waals surface area contributed by atoms with Crippen LogP contribution in [0.25, 0.3) is 0 Å². The molecule has 0 aliphatic heterocycles. The van der Waals surface area contributed by atoms with Crippen LogP contribution in [-0.4, -0.2) is 71.5 Å². The van der Waals surface area contributed by atoms with E-state index in [2.05, 4.69) is 40.6 Å². The number of hydrogen-bond donors (Lipinski definition) is 2. The summed E-state index contributed by atoms with van der Waals surface area (Å²) in [5.74, 6) is 1.70. The molecule has 0 atom stereocenters. The van der Waals surface area contributed by atoms with Gasteiger partial charge in [-0.3, -0.25) is 4.99 Å². The Kier molecular flexibility index (Phi) is 10.6. The van der Waals surface area contributed by atoms with Gasteiger partial charge in [-0.15, -0.1) is 0 Å². The van der Waals surface area contributed by atoms with Crippen LogP contribution in [0.1, 0.15) is 12.0 Å². The minimum absolute atomic E-state index is 0.598. The minimum Gasteiger partial charge on any atom is -0.492 e. The van der Waals surface area contributed by atoms with Gasteiger partial charge >= 0.3 is 0 Å². The number of rotatable bonds is 11. The van der Waals surface area contributed by atoms with E-state index in [1.54, 1.807) is 14.2 Å². The van der Waals surface area contributed by atoms with Gasteiger partial charge < -0.3 is 25.0 Å². The van der Waals surface area contributed by atoms with Crippen molar-refractivity contribution in [3.63, 3.8) is 0 Å². The van der Waals surface area contributed by atoms with E-state index in [9.17, 15) is 0 Å². The zero-order valence-corrected chi connectivity index (χ0v) is 15.5. The zero-order valence-electron chi connectivity index (χ0n) is 15.5. The molecule has 0 amide bonds. The van der Waals surface area contributed by atoms with Crippen molar-refractivity contribution in [3.05, 3.63) is 29.8 Å². The molecule has 0 aromatic heterocycles. The highest BCUT2D eigenvalue weighted by Gasteiger charge is 2.01. The molecule has 24 heavy (non-hydrogen) atoms. The van der Waals surface area contributed by atoms with Crippen LogP contribution in [0.15, 0.2) is 29.3 Å². The monoisotopic (exact) mass is 336 g/mol. The number of nitrogens with one attached hydrogen (secondary N) is 2. The Morgan fingerprint density at radius 2 is 1.96 bits per heavy atom. The molecule has 1 aromatic rings. The topological polar surface area (TPSA) is 58.1 Å². The Morgan fingerprint density at radius 3 is 2.67 bits per heavy atom. The van der Waals surface area contributed by atoms with Gasteiger partial charge in [-0.25, -0.2) is 0 Å². The first-order valence-electron chi connectivity index (χ1n) is 8.47. The van der Waals surface area contributed by atoms with Gasteiger partial charge in [-0.2, -0.15) is 0 Å². The fourth-order valence-corrected chi connectivity index (χ4v) is 2.22. The van der Waals surface area contributed by atoms with Crippen molar-refractivity contribution in [2.75, 3.05) is 60.6 Å². The Hall–Kier alpha value is -1.79. The van der Waals surface area contributed by atoms with E-state index in [4.69, 9.17) is 9.47 Å². The molecule has 0 spiro atoms. The lowest BCUT2D eigenvalue weighted by Crippen LogP contribution is -2.42. The first-order valence-corrected chi connectivity index (χ1v) is 8.47. The number of nitrogens with zero attached hydrogens (tertiary/aromatic N) is 2. The van der Waals surface area contributed by atoms with E-state index >= 15 is 0 Å². The van der Waals surface area contributed by atoms with Crippen molar-refractivity contribution in [2.24, 2.45) is 4.99 Å². The van der Waals surface area contributed by atoms with Gasteiger partial charge in [0.25, 0.3) is 0 Å². The lowest BCUT2D eigenvalue weighted by molar-refractivity contribution is 0.180. The maximum Gasteiger partial charge on any atom is 0.191 e. The molecule has 136 valence electrons. The van der Waals surface area contributed by atoms with E-state index in [0.717, 1.165) is 44.4 Å². The second-order valence-electron chi connectivity index (χ2n) is 5.74. The second kappa shape index (κ2) is 12.6. The number of likely N-dealkylation sites (N-methyl/N-ethyl adjacent to an activating group) is 1. The predicted molar refractivity (Wildman–Crippen MR) is 100 cm³/mol. The van der Waals surface area contributed by atoms with Gasteiger partial charge in [-0.1, -0.05) is 12.1 Å². The largest absolute Gasteiger partial charge is 0.492 e. The number of ether oxygens (including phenoxy) is 2. The summed E-state index contributed by atoms with van der Waals surface area (Å²) in [6.07, 6.45) is 1.05. The van der Waals surface area contributed by atoms with Crippen LogP contribution in [0.2, 0.25) is 0 Å². The molecule has 0 heterocycles. The smallest absolute Gasteiger partial charge is 0.191 e. The lowest BCUT2D eigenvalue weighted by Gasteiger charge is -2.18. The third-order valence-corrected chi connectivity index (χ3v) is 3.55.